The van der Waals surface area contributed by atoms with E-state index < -0.39 is 17.3 Å². The minimum absolute atomic E-state index is 0.00790. The Morgan fingerprint density at radius 1 is 1.03 bits per heavy atom. The van der Waals surface area contributed by atoms with E-state index in [9.17, 15) is 20.1 Å². The summed E-state index contributed by atoms with van der Waals surface area (Å²) in [6, 6.07) is 1.47. The number of aliphatic hydroxyl groups excluding tert-OH is 1. The second kappa shape index (κ2) is 12.7. The molecule has 5 nitrogen and oxygen atoms in total. The lowest BCUT2D eigenvalue weighted by atomic mass is 9.95. The fourth-order valence-electron chi connectivity index (χ4n) is 3.20. The van der Waals surface area contributed by atoms with Gasteiger partial charge in [-0.15, -0.1) is 0 Å². The fraction of sp³-hybridized carbons (Fsp3) is 0.577. The molecular formula is C26H40O5. The van der Waals surface area contributed by atoms with Crippen LogP contribution in [-0.4, -0.2) is 27.0 Å². The average molecular weight is 433 g/mol. The molecule has 1 aromatic rings. The van der Waals surface area contributed by atoms with E-state index in [1.165, 1.54) is 22.8 Å². The summed E-state index contributed by atoms with van der Waals surface area (Å²) in [5, 5.41) is 29.6. The van der Waals surface area contributed by atoms with Gasteiger partial charge >= 0.3 is 5.63 Å². The molecule has 1 rings (SSSR count). The van der Waals surface area contributed by atoms with Gasteiger partial charge < -0.3 is 19.7 Å². The number of hydrogen-bond acceptors (Lipinski definition) is 5. The first-order valence-corrected chi connectivity index (χ1v) is 11.1. The molecule has 1 atom stereocenters. The number of aliphatic hydroxyl groups is 2. The van der Waals surface area contributed by atoms with Gasteiger partial charge in [0.25, 0.3) is 0 Å². The van der Waals surface area contributed by atoms with Gasteiger partial charge in [0.1, 0.15) is 11.5 Å². The van der Waals surface area contributed by atoms with Gasteiger partial charge in [-0.25, -0.2) is 4.79 Å². The van der Waals surface area contributed by atoms with Gasteiger partial charge in [-0.2, -0.15) is 0 Å². The molecule has 5 heteroatoms. The Bertz CT molecular complexity index is 850. The molecule has 0 aliphatic heterocycles. The summed E-state index contributed by atoms with van der Waals surface area (Å²) < 4.78 is 5.05. The molecule has 1 unspecified atom stereocenters. The van der Waals surface area contributed by atoms with Crippen molar-refractivity contribution in [2.45, 2.75) is 98.2 Å². The summed E-state index contributed by atoms with van der Waals surface area (Å²) in [6.07, 6.45) is 11.2. The lowest BCUT2D eigenvalue weighted by Crippen LogP contribution is -2.35. The SMILES string of the molecule is CC(=CCCC(C)=CCc1c(O)cc(C)oc1=O)CCC=C(C)CCC(O)C(C)(C)O. The molecule has 0 bridgehead atoms. The third-order valence-electron chi connectivity index (χ3n) is 5.49. The topological polar surface area (TPSA) is 90.9 Å². The number of hydrogen-bond donors (Lipinski definition) is 3. The van der Waals surface area contributed by atoms with Crippen LogP contribution in [0.4, 0.5) is 0 Å². The van der Waals surface area contributed by atoms with Crippen LogP contribution in [0.15, 0.2) is 50.2 Å². The molecule has 1 aromatic heterocycles. The number of allylic oxidation sites excluding steroid dienone is 6. The molecule has 1 heterocycles. The van der Waals surface area contributed by atoms with Crippen LogP contribution < -0.4 is 5.63 Å². The second-order valence-corrected chi connectivity index (χ2v) is 9.15. The Labute approximate surface area is 186 Å². The first kappa shape index (κ1) is 26.9. The third kappa shape index (κ3) is 10.7. The fourth-order valence-corrected chi connectivity index (χ4v) is 3.20. The van der Waals surface area contributed by atoms with E-state index in [2.05, 4.69) is 26.0 Å². The minimum atomic E-state index is -1.06. The van der Waals surface area contributed by atoms with Gasteiger partial charge in [-0.05, 0) is 80.1 Å². The molecule has 0 aliphatic rings. The van der Waals surface area contributed by atoms with Gasteiger partial charge in [0.15, 0.2) is 0 Å². The molecule has 0 amide bonds. The van der Waals surface area contributed by atoms with E-state index in [4.69, 9.17) is 4.42 Å². The Kier molecular flexibility index (Phi) is 11.0. The monoisotopic (exact) mass is 432 g/mol. The van der Waals surface area contributed by atoms with Crippen LogP contribution in [0.5, 0.6) is 5.75 Å². The maximum Gasteiger partial charge on any atom is 0.343 e. The maximum atomic E-state index is 11.8. The molecule has 0 aliphatic carbocycles. The average Bonchev–Trinajstić information content (AvgIpc) is 2.64. The Morgan fingerprint density at radius 2 is 1.55 bits per heavy atom. The Morgan fingerprint density at radius 3 is 2.06 bits per heavy atom. The van der Waals surface area contributed by atoms with E-state index in [0.717, 1.165) is 32.1 Å². The highest BCUT2D eigenvalue weighted by atomic mass is 16.4. The predicted octanol–water partition coefficient (Wildman–Crippen LogP) is 5.51. The first-order chi connectivity index (χ1) is 14.4. The van der Waals surface area contributed by atoms with Crippen molar-refractivity contribution in [1.82, 2.24) is 0 Å². The van der Waals surface area contributed by atoms with E-state index >= 15 is 0 Å². The van der Waals surface area contributed by atoms with Gasteiger partial charge in [0, 0.05) is 12.5 Å². The Balaban J connectivity index is 2.40. The largest absolute Gasteiger partial charge is 0.507 e. The van der Waals surface area contributed by atoms with Crippen LogP contribution in [0.25, 0.3) is 0 Å². The van der Waals surface area contributed by atoms with Crippen molar-refractivity contribution in [3.8, 4) is 5.75 Å². The number of rotatable bonds is 12. The van der Waals surface area contributed by atoms with Crippen LogP contribution in [0.2, 0.25) is 0 Å². The highest BCUT2D eigenvalue weighted by Gasteiger charge is 2.23. The number of aryl methyl sites for hydroxylation is 1. The molecular weight excluding hydrogens is 392 g/mol. The maximum absolute atomic E-state index is 11.8. The molecule has 0 radical (unpaired) electrons. The van der Waals surface area contributed by atoms with Gasteiger partial charge in [-0.3, -0.25) is 0 Å². The quantitative estimate of drug-likeness (QED) is 0.379. The van der Waals surface area contributed by atoms with E-state index in [-0.39, 0.29) is 5.75 Å². The molecule has 0 fully saturated rings. The van der Waals surface area contributed by atoms with Crippen molar-refractivity contribution in [1.29, 1.82) is 0 Å². The number of aromatic hydroxyl groups is 1. The summed E-state index contributed by atoms with van der Waals surface area (Å²) in [7, 11) is 0. The van der Waals surface area contributed by atoms with Gasteiger partial charge in [0.05, 0.1) is 17.3 Å². The minimum Gasteiger partial charge on any atom is -0.507 e. The zero-order valence-corrected chi connectivity index (χ0v) is 20.0. The van der Waals surface area contributed by atoms with E-state index in [0.29, 0.717) is 24.2 Å². The molecule has 0 saturated heterocycles. The summed E-state index contributed by atoms with van der Waals surface area (Å²) in [6.45, 7) is 11.1. The summed E-state index contributed by atoms with van der Waals surface area (Å²) in [5.74, 6) is 0.399. The third-order valence-corrected chi connectivity index (χ3v) is 5.49. The molecule has 174 valence electrons. The zero-order valence-electron chi connectivity index (χ0n) is 20.0. The summed E-state index contributed by atoms with van der Waals surface area (Å²) >= 11 is 0. The normalized spacial score (nSPS) is 14.8. The van der Waals surface area contributed by atoms with E-state index in [1.54, 1.807) is 20.8 Å². The predicted molar refractivity (Wildman–Crippen MR) is 126 cm³/mol. The van der Waals surface area contributed by atoms with Crippen LogP contribution in [0.3, 0.4) is 0 Å². The van der Waals surface area contributed by atoms with E-state index in [1.807, 2.05) is 13.0 Å². The molecule has 0 spiro atoms. The first-order valence-electron chi connectivity index (χ1n) is 11.1. The lowest BCUT2D eigenvalue weighted by molar-refractivity contribution is -0.0509. The van der Waals surface area contributed by atoms with Crippen molar-refractivity contribution in [2.24, 2.45) is 0 Å². The highest BCUT2D eigenvalue weighted by molar-refractivity contribution is 5.31. The molecule has 0 aromatic carbocycles. The molecule has 3 N–H and O–H groups in total. The lowest BCUT2D eigenvalue weighted by Gasteiger charge is -2.24. The second-order valence-electron chi connectivity index (χ2n) is 9.15. The van der Waals surface area contributed by atoms with Crippen LogP contribution in [0.1, 0.15) is 84.5 Å². The highest BCUT2D eigenvalue weighted by Crippen LogP contribution is 2.19. The summed E-state index contributed by atoms with van der Waals surface area (Å²) in [5.41, 5.74) is 2.51. The Hall–Kier alpha value is -2.11. The zero-order chi connectivity index (χ0) is 23.6. The van der Waals surface area contributed by atoms with Crippen molar-refractivity contribution in [2.75, 3.05) is 0 Å². The van der Waals surface area contributed by atoms with Crippen molar-refractivity contribution < 1.29 is 19.7 Å². The van der Waals surface area contributed by atoms with Crippen molar-refractivity contribution in [3.05, 3.63) is 62.8 Å². The van der Waals surface area contributed by atoms with Crippen LogP contribution in [-0.2, 0) is 6.42 Å². The summed E-state index contributed by atoms with van der Waals surface area (Å²) in [4.78, 5) is 11.8. The van der Waals surface area contributed by atoms with Crippen LogP contribution in [0, 0.1) is 6.92 Å². The van der Waals surface area contributed by atoms with Crippen LogP contribution >= 0.6 is 0 Å². The molecule has 31 heavy (non-hydrogen) atoms. The van der Waals surface area contributed by atoms with Crippen molar-refractivity contribution >= 4 is 0 Å². The standard InChI is InChI=1S/C26H40O5/c1-18(10-8-12-20(3)14-16-24(28)26(5,6)30)9-7-11-19(2)13-15-22-23(27)17-21(4)31-25(22)29/h9,12-13,17,24,27-28,30H,7-8,10-11,14-16H2,1-6H3. The van der Waals surface area contributed by atoms with Gasteiger partial charge in [-0.1, -0.05) is 34.9 Å². The molecule has 0 saturated carbocycles. The smallest absolute Gasteiger partial charge is 0.343 e. The van der Waals surface area contributed by atoms with Gasteiger partial charge in [0.2, 0.25) is 0 Å². The van der Waals surface area contributed by atoms with Crippen molar-refractivity contribution in [3.63, 3.8) is 0 Å².